The van der Waals surface area contributed by atoms with E-state index in [-0.39, 0.29) is 11.8 Å². The van der Waals surface area contributed by atoms with Crippen LogP contribution in [0.4, 0.5) is 0 Å². The number of hydrogen-bond acceptors (Lipinski definition) is 0. The number of benzene rings is 6. The quantitative estimate of drug-likeness (QED) is 0.203. The molecule has 0 unspecified atom stereocenters. The van der Waals surface area contributed by atoms with Crippen molar-refractivity contribution in [3.63, 3.8) is 0 Å². The summed E-state index contributed by atoms with van der Waals surface area (Å²) in [4.78, 5) is 0. The van der Waals surface area contributed by atoms with Gasteiger partial charge in [-0.1, -0.05) is 121 Å². The van der Waals surface area contributed by atoms with Crippen LogP contribution in [-0.2, 0) is 0 Å². The van der Waals surface area contributed by atoms with Crippen LogP contribution in [0.5, 0.6) is 0 Å². The van der Waals surface area contributed by atoms with E-state index in [1.54, 1.807) is 11.1 Å². The zero-order valence-electron chi connectivity index (χ0n) is 20.9. The fraction of sp³-hybridized carbons (Fsp3) is 0.105. The highest BCUT2D eigenvalue weighted by Gasteiger charge is 2.46. The molecule has 0 amide bonds. The molecule has 6 aliphatic carbocycles. The molecule has 0 fully saturated rings. The first-order valence-electron chi connectivity index (χ1n) is 13.8. The smallest absolute Gasteiger partial charge is 0.0355 e. The lowest BCUT2D eigenvalue weighted by Gasteiger charge is -2.46. The SMILES string of the molecule is c1ccc2c(c1)C1c3ccccc3C2c2c1ccc1ccc3c(c21)C1c2ccccc2C3c2ccccc21. The van der Waals surface area contributed by atoms with Crippen LogP contribution in [0.3, 0.4) is 0 Å². The second-order valence-corrected chi connectivity index (χ2v) is 11.5. The van der Waals surface area contributed by atoms with E-state index < -0.39 is 0 Å². The average Bonchev–Trinajstić information content (AvgIpc) is 3.00. The zero-order chi connectivity index (χ0) is 24.5. The van der Waals surface area contributed by atoms with Crippen LogP contribution in [0.2, 0.25) is 0 Å². The van der Waals surface area contributed by atoms with Crippen LogP contribution < -0.4 is 0 Å². The molecule has 6 aliphatic rings. The first-order valence-corrected chi connectivity index (χ1v) is 13.8. The number of fused-ring (bicyclic) bond motifs is 1. The Labute approximate surface area is 222 Å². The van der Waals surface area contributed by atoms with Crippen LogP contribution >= 0.6 is 0 Å². The zero-order valence-corrected chi connectivity index (χ0v) is 20.9. The van der Waals surface area contributed by atoms with Crippen molar-refractivity contribution < 1.29 is 0 Å². The molecule has 4 bridgehead atoms. The van der Waals surface area contributed by atoms with E-state index in [1.807, 2.05) is 0 Å². The van der Waals surface area contributed by atoms with Crippen molar-refractivity contribution in [1.29, 1.82) is 0 Å². The van der Waals surface area contributed by atoms with Gasteiger partial charge < -0.3 is 0 Å². The minimum Gasteiger partial charge on any atom is -0.0619 e. The minimum absolute atomic E-state index is 0.281. The van der Waals surface area contributed by atoms with Gasteiger partial charge in [-0.25, -0.2) is 0 Å². The first kappa shape index (κ1) is 19.7. The summed E-state index contributed by atoms with van der Waals surface area (Å²) in [6.45, 7) is 0. The summed E-state index contributed by atoms with van der Waals surface area (Å²) in [5.74, 6) is 1.18. The van der Waals surface area contributed by atoms with Crippen LogP contribution in [0, 0.1) is 0 Å². The summed E-state index contributed by atoms with van der Waals surface area (Å²) in [6, 6.07) is 46.5. The third-order valence-electron chi connectivity index (χ3n) is 10.0. The Morgan fingerprint density at radius 1 is 0.263 bits per heavy atom. The molecular formula is C38H24. The van der Waals surface area contributed by atoms with Gasteiger partial charge in [0.2, 0.25) is 0 Å². The van der Waals surface area contributed by atoms with E-state index >= 15 is 0 Å². The molecular weight excluding hydrogens is 456 g/mol. The molecule has 176 valence electrons. The molecule has 12 rings (SSSR count). The Bertz CT molecular complexity index is 1770. The lowest BCUT2D eigenvalue weighted by molar-refractivity contribution is 0.745. The number of rotatable bonds is 0. The second-order valence-electron chi connectivity index (χ2n) is 11.5. The van der Waals surface area contributed by atoms with Gasteiger partial charge in [-0.3, -0.25) is 0 Å². The van der Waals surface area contributed by atoms with Crippen molar-refractivity contribution in [1.82, 2.24) is 0 Å². The van der Waals surface area contributed by atoms with Gasteiger partial charge in [-0.2, -0.15) is 0 Å². The molecule has 0 atom stereocenters. The predicted molar refractivity (Wildman–Crippen MR) is 153 cm³/mol. The summed E-state index contributed by atoms with van der Waals surface area (Å²) < 4.78 is 0. The maximum absolute atomic E-state index is 2.44. The van der Waals surface area contributed by atoms with Crippen molar-refractivity contribution in [2.75, 3.05) is 0 Å². The standard InChI is InChI=1S/C38H24/c1-5-13-26-22(9-1)33-23-10-2-6-14-27(23)35(26)37-30(33)19-17-21-18-20-31-34-24-11-3-7-15-28(24)36(38(31)32(21)37)29-16-8-4-12-25(29)34/h1-20,33-36H. The maximum atomic E-state index is 2.44. The maximum Gasteiger partial charge on any atom is 0.0355 e. The first-order chi connectivity index (χ1) is 18.9. The lowest BCUT2D eigenvalue weighted by Crippen LogP contribution is -2.30. The topological polar surface area (TPSA) is 0 Å². The lowest BCUT2D eigenvalue weighted by atomic mass is 9.57. The van der Waals surface area contributed by atoms with Crippen molar-refractivity contribution in [2.24, 2.45) is 0 Å². The molecule has 0 spiro atoms. The molecule has 0 radical (unpaired) electrons. The molecule has 6 aromatic carbocycles. The van der Waals surface area contributed by atoms with Gasteiger partial charge in [-0.15, -0.1) is 0 Å². The molecule has 0 aromatic heterocycles. The van der Waals surface area contributed by atoms with Gasteiger partial charge in [0, 0.05) is 23.7 Å². The van der Waals surface area contributed by atoms with Crippen molar-refractivity contribution in [2.45, 2.75) is 23.7 Å². The second kappa shape index (κ2) is 6.71. The van der Waals surface area contributed by atoms with Crippen LogP contribution in [0.25, 0.3) is 10.8 Å². The molecule has 0 heteroatoms. The molecule has 38 heavy (non-hydrogen) atoms. The minimum atomic E-state index is 0.281. The fourth-order valence-corrected chi connectivity index (χ4v) is 8.74. The monoisotopic (exact) mass is 480 g/mol. The highest BCUT2D eigenvalue weighted by molar-refractivity contribution is 5.97. The van der Waals surface area contributed by atoms with E-state index in [1.165, 1.54) is 66.4 Å². The van der Waals surface area contributed by atoms with Gasteiger partial charge in [-0.05, 0) is 77.5 Å². The highest BCUT2D eigenvalue weighted by Crippen LogP contribution is 2.61. The third-order valence-corrected chi connectivity index (χ3v) is 10.0. The molecule has 0 saturated carbocycles. The third kappa shape index (κ3) is 2.14. The molecule has 6 aromatic rings. The van der Waals surface area contributed by atoms with Gasteiger partial charge in [0.1, 0.15) is 0 Å². The normalized spacial score (nSPS) is 22.2. The van der Waals surface area contributed by atoms with E-state index in [2.05, 4.69) is 121 Å². The summed E-state index contributed by atoms with van der Waals surface area (Å²) in [5.41, 5.74) is 18.1. The van der Waals surface area contributed by atoms with E-state index in [4.69, 9.17) is 0 Å². The van der Waals surface area contributed by atoms with Gasteiger partial charge >= 0.3 is 0 Å². The Kier molecular flexibility index (Phi) is 3.47. The molecule has 0 N–H and O–H groups in total. The van der Waals surface area contributed by atoms with Crippen molar-refractivity contribution in [3.8, 4) is 0 Å². The summed E-state index contributed by atoms with van der Waals surface area (Å²) >= 11 is 0. The largest absolute Gasteiger partial charge is 0.0619 e. The average molecular weight is 481 g/mol. The molecule has 0 aliphatic heterocycles. The Balaban J connectivity index is 1.36. The highest BCUT2D eigenvalue weighted by atomic mass is 14.5. The van der Waals surface area contributed by atoms with Crippen molar-refractivity contribution in [3.05, 3.63) is 188 Å². The summed E-state index contributed by atoms with van der Waals surface area (Å²) in [5, 5.41) is 2.89. The Morgan fingerprint density at radius 2 is 0.553 bits per heavy atom. The summed E-state index contributed by atoms with van der Waals surface area (Å²) in [7, 11) is 0. The van der Waals surface area contributed by atoms with Crippen LogP contribution in [-0.4, -0.2) is 0 Å². The van der Waals surface area contributed by atoms with E-state index in [0.717, 1.165) is 0 Å². The summed E-state index contributed by atoms with van der Waals surface area (Å²) in [6.07, 6.45) is 0. The Morgan fingerprint density at radius 3 is 0.868 bits per heavy atom. The van der Waals surface area contributed by atoms with E-state index in [0.29, 0.717) is 11.8 Å². The van der Waals surface area contributed by atoms with E-state index in [9.17, 15) is 0 Å². The molecule has 0 nitrogen and oxygen atoms in total. The predicted octanol–water partition coefficient (Wildman–Crippen LogP) is 8.81. The molecule has 0 heterocycles. The van der Waals surface area contributed by atoms with Crippen molar-refractivity contribution >= 4 is 10.8 Å². The molecule has 0 saturated heterocycles. The number of hydrogen-bond donors (Lipinski definition) is 0. The van der Waals surface area contributed by atoms with Gasteiger partial charge in [0.05, 0.1) is 0 Å². The van der Waals surface area contributed by atoms with Gasteiger partial charge in [0.15, 0.2) is 0 Å². The van der Waals surface area contributed by atoms with Crippen LogP contribution in [0.15, 0.2) is 121 Å². The van der Waals surface area contributed by atoms with Gasteiger partial charge in [0.25, 0.3) is 0 Å². The van der Waals surface area contributed by atoms with Crippen LogP contribution in [0.1, 0.15) is 90.4 Å². The Hall–Kier alpha value is -4.42. The fourth-order valence-electron chi connectivity index (χ4n) is 8.74.